The van der Waals surface area contributed by atoms with Crippen LogP contribution in [0.1, 0.15) is 32.8 Å². The molecule has 1 heterocycles. The van der Waals surface area contributed by atoms with Crippen LogP contribution in [0, 0.1) is 5.41 Å². The minimum atomic E-state index is -0.421. The summed E-state index contributed by atoms with van der Waals surface area (Å²) in [5, 5.41) is 7.04. The highest BCUT2D eigenvalue weighted by atomic mass is 79.9. The number of carbonyl (C=O) groups excluding carboxylic acids is 1. The second-order valence-electron chi connectivity index (χ2n) is 5.59. The van der Waals surface area contributed by atoms with Gasteiger partial charge in [0.1, 0.15) is 6.33 Å². The van der Waals surface area contributed by atoms with Crippen LogP contribution in [-0.4, -0.2) is 20.7 Å². The predicted octanol–water partition coefficient (Wildman–Crippen LogP) is 3.46. The molecule has 0 saturated carbocycles. The third-order valence-electron chi connectivity index (χ3n) is 3.49. The standard InChI is InChI=1S/C15H19BrN4O/c1-4-15(2,3)13(21)18-14-17-10-20(19-14)9-11-6-5-7-12(16)8-11/h5-8,10H,4,9H2,1-3H3,(H,18,19,21). The van der Waals surface area contributed by atoms with E-state index < -0.39 is 5.41 Å². The van der Waals surface area contributed by atoms with Crippen molar-refractivity contribution in [2.75, 3.05) is 5.32 Å². The van der Waals surface area contributed by atoms with Crippen molar-refractivity contribution in [3.63, 3.8) is 0 Å². The van der Waals surface area contributed by atoms with Gasteiger partial charge in [-0.25, -0.2) is 9.67 Å². The third kappa shape index (κ3) is 4.14. The molecule has 6 heteroatoms. The highest BCUT2D eigenvalue weighted by molar-refractivity contribution is 9.10. The Balaban J connectivity index is 2.03. The highest BCUT2D eigenvalue weighted by Crippen LogP contribution is 2.21. The van der Waals surface area contributed by atoms with Crippen molar-refractivity contribution in [1.82, 2.24) is 14.8 Å². The molecule has 0 saturated heterocycles. The molecule has 112 valence electrons. The summed E-state index contributed by atoms with van der Waals surface area (Å²) in [7, 11) is 0. The summed E-state index contributed by atoms with van der Waals surface area (Å²) in [5.74, 6) is 0.279. The number of carbonyl (C=O) groups is 1. The summed E-state index contributed by atoms with van der Waals surface area (Å²) in [6.45, 7) is 6.40. The molecule has 0 fully saturated rings. The maximum atomic E-state index is 12.1. The number of benzene rings is 1. The summed E-state index contributed by atoms with van der Waals surface area (Å²) in [6, 6.07) is 8.00. The van der Waals surface area contributed by atoms with E-state index in [-0.39, 0.29) is 5.91 Å². The lowest BCUT2D eigenvalue weighted by Gasteiger charge is -2.19. The van der Waals surface area contributed by atoms with Crippen molar-refractivity contribution < 1.29 is 4.79 Å². The average molecular weight is 351 g/mol. The van der Waals surface area contributed by atoms with Gasteiger partial charge in [-0.2, -0.15) is 0 Å². The summed E-state index contributed by atoms with van der Waals surface area (Å²) >= 11 is 3.44. The zero-order valence-electron chi connectivity index (χ0n) is 12.4. The van der Waals surface area contributed by atoms with Crippen LogP contribution in [0.4, 0.5) is 5.95 Å². The van der Waals surface area contributed by atoms with Gasteiger partial charge in [0.15, 0.2) is 0 Å². The summed E-state index contributed by atoms with van der Waals surface area (Å²) in [6.07, 6.45) is 2.38. The van der Waals surface area contributed by atoms with E-state index in [1.54, 1.807) is 11.0 Å². The Morgan fingerprint density at radius 1 is 1.43 bits per heavy atom. The molecular formula is C15H19BrN4O. The van der Waals surface area contributed by atoms with E-state index >= 15 is 0 Å². The highest BCUT2D eigenvalue weighted by Gasteiger charge is 2.26. The molecule has 0 bridgehead atoms. The Labute approximate surface area is 132 Å². The molecule has 2 rings (SSSR count). The smallest absolute Gasteiger partial charge is 0.248 e. The van der Waals surface area contributed by atoms with Crippen molar-refractivity contribution in [2.24, 2.45) is 5.41 Å². The molecule has 0 aliphatic rings. The molecule has 0 aliphatic carbocycles. The third-order valence-corrected chi connectivity index (χ3v) is 3.99. The average Bonchev–Trinajstić information content (AvgIpc) is 2.86. The van der Waals surface area contributed by atoms with Gasteiger partial charge in [0.05, 0.1) is 6.54 Å². The monoisotopic (exact) mass is 350 g/mol. The van der Waals surface area contributed by atoms with Crippen molar-refractivity contribution in [2.45, 2.75) is 33.7 Å². The van der Waals surface area contributed by atoms with Gasteiger partial charge in [0.2, 0.25) is 11.9 Å². The van der Waals surface area contributed by atoms with Crippen LogP contribution in [0.5, 0.6) is 0 Å². The van der Waals surface area contributed by atoms with Crippen molar-refractivity contribution in [1.29, 1.82) is 0 Å². The molecule has 21 heavy (non-hydrogen) atoms. The maximum Gasteiger partial charge on any atom is 0.248 e. The van der Waals surface area contributed by atoms with Crippen LogP contribution in [-0.2, 0) is 11.3 Å². The SMILES string of the molecule is CCC(C)(C)C(=O)Nc1ncn(Cc2cccc(Br)c2)n1. The fourth-order valence-corrected chi connectivity index (χ4v) is 2.13. The number of hydrogen-bond donors (Lipinski definition) is 1. The van der Waals surface area contributed by atoms with Crippen molar-refractivity contribution >= 4 is 27.8 Å². The summed E-state index contributed by atoms with van der Waals surface area (Å²) in [4.78, 5) is 16.2. The zero-order chi connectivity index (χ0) is 15.5. The fourth-order valence-electron chi connectivity index (χ4n) is 1.68. The molecule has 0 radical (unpaired) electrons. The van der Waals surface area contributed by atoms with E-state index in [1.807, 2.05) is 45.0 Å². The molecule has 0 atom stereocenters. The molecule has 0 spiro atoms. The second-order valence-corrected chi connectivity index (χ2v) is 6.50. The topological polar surface area (TPSA) is 59.8 Å². The Hall–Kier alpha value is -1.69. The van der Waals surface area contributed by atoms with Gasteiger partial charge in [0, 0.05) is 9.89 Å². The fraction of sp³-hybridized carbons (Fsp3) is 0.400. The zero-order valence-corrected chi connectivity index (χ0v) is 14.0. The first-order chi connectivity index (χ1) is 9.90. The van der Waals surface area contributed by atoms with E-state index in [0.29, 0.717) is 12.5 Å². The molecule has 1 aromatic carbocycles. The first kappa shape index (κ1) is 15.7. The van der Waals surface area contributed by atoms with Gasteiger partial charge in [0.25, 0.3) is 0 Å². The largest absolute Gasteiger partial charge is 0.293 e. The van der Waals surface area contributed by atoms with Gasteiger partial charge in [-0.05, 0) is 24.1 Å². The molecule has 1 aromatic heterocycles. The van der Waals surface area contributed by atoms with E-state index in [1.165, 1.54) is 0 Å². The van der Waals surface area contributed by atoms with E-state index in [9.17, 15) is 4.79 Å². The Bertz CT molecular complexity index is 636. The maximum absolute atomic E-state index is 12.1. The first-order valence-corrected chi connectivity index (χ1v) is 7.65. The van der Waals surface area contributed by atoms with Gasteiger partial charge in [-0.3, -0.25) is 10.1 Å². The van der Waals surface area contributed by atoms with E-state index in [0.717, 1.165) is 16.5 Å². The molecule has 0 aliphatic heterocycles. The Morgan fingerprint density at radius 2 is 2.19 bits per heavy atom. The Kier molecular flexibility index (Phi) is 4.77. The van der Waals surface area contributed by atoms with Crippen LogP contribution in [0.25, 0.3) is 0 Å². The lowest BCUT2D eigenvalue weighted by molar-refractivity contribution is -0.124. The molecule has 1 N–H and O–H groups in total. The van der Waals surface area contributed by atoms with Gasteiger partial charge >= 0.3 is 0 Å². The minimum Gasteiger partial charge on any atom is -0.293 e. The van der Waals surface area contributed by atoms with E-state index in [4.69, 9.17) is 0 Å². The van der Waals surface area contributed by atoms with Gasteiger partial charge in [-0.15, -0.1) is 5.10 Å². The van der Waals surface area contributed by atoms with Crippen LogP contribution in [0.3, 0.4) is 0 Å². The minimum absolute atomic E-state index is 0.0646. The van der Waals surface area contributed by atoms with Crippen LogP contribution >= 0.6 is 15.9 Å². The Morgan fingerprint density at radius 3 is 2.86 bits per heavy atom. The summed E-state index contributed by atoms with van der Waals surface area (Å²) < 4.78 is 2.73. The van der Waals surface area contributed by atoms with E-state index in [2.05, 4.69) is 31.3 Å². The number of aromatic nitrogens is 3. The first-order valence-electron chi connectivity index (χ1n) is 6.86. The number of hydrogen-bond acceptors (Lipinski definition) is 3. The second kappa shape index (κ2) is 6.39. The van der Waals surface area contributed by atoms with Crippen LogP contribution in [0.15, 0.2) is 35.1 Å². The number of halogens is 1. The summed E-state index contributed by atoms with van der Waals surface area (Å²) in [5.41, 5.74) is 0.691. The number of rotatable bonds is 5. The quantitative estimate of drug-likeness (QED) is 0.897. The predicted molar refractivity (Wildman–Crippen MR) is 86.0 cm³/mol. The molecule has 1 amide bonds. The number of anilines is 1. The molecule has 5 nitrogen and oxygen atoms in total. The van der Waals surface area contributed by atoms with Crippen molar-refractivity contribution in [3.8, 4) is 0 Å². The van der Waals surface area contributed by atoms with Gasteiger partial charge < -0.3 is 0 Å². The van der Waals surface area contributed by atoms with Crippen LogP contribution < -0.4 is 5.32 Å². The lowest BCUT2D eigenvalue weighted by Crippen LogP contribution is -2.30. The van der Waals surface area contributed by atoms with Crippen molar-refractivity contribution in [3.05, 3.63) is 40.6 Å². The number of nitrogens with zero attached hydrogens (tertiary/aromatic N) is 3. The molecule has 0 unspecified atom stereocenters. The molecular weight excluding hydrogens is 332 g/mol. The molecule has 2 aromatic rings. The van der Waals surface area contributed by atoms with Gasteiger partial charge in [-0.1, -0.05) is 48.8 Å². The number of nitrogens with one attached hydrogen (secondary N) is 1. The number of amides is 1. The lowest BCUT2D eigenvalue weighted by atomic mass is 9.89. The van der Waals surface area contributed by atoms with Crippen LogP contribution in [0.2, 0.25) is 0 Å². The normalized spacial score (nSPS) is 11.4.